The fraction of sp³-hybridized carbons (Fsp3) is 0.312. The van der Waals surface area contributed by atoms with E-state index in [0.717, 1.165) is 12.1 Å². The number of carbonyl (C=O) groups is 1. The number of rotatable bonds is 4. The smallest absolute Gasteiger partial charge is 0.287 e. The lowest BCUT2D eigenvalue weighted by molar-refractivity contribution is 0.0895. The lowest BCUT2D eigenvalue weighted by Gasteiger charge is -2.31. The molecule has 128 valence electrons. The number of hydrogen-bond donors (Lipinski definition) is 1. The number of piperidine rings is 1. The normalized spacial score (nSPS) is 16.9. The number of benzene rings is 1. The van der Waals surface area contributed by atoms with Gasteiger partial charge >= 0.3 is 0 Å². The van der Waals surface area contributed by atoms with E-state index in [1.54, 1.807) is 12.1 Å². The summed E-state index contributed by atoms with van der Waals surface area (Å²) >= 11 is 0. The quantitative estimate of drug-likeness (QED) is 0.913. The highest BCUT2D eigenvalue weighted by molar-refractivity contribution is 7.89. The maximum absolute atomic E-state index is 13.0. The fourth-order valence-corrected chi connectivity index (χ4v) is 4.13. The van der Waals surface area contributed by atoms with Gasteiger partial charge in [0.25, 0.3) is 5.91 Å². The summed E-state index contributed by atoms with van der Waals surface area (Å²) in [5.74, 6) is -0.551. The zero-order valence-electron chi connectivity index (χ0n) is 12.8. The highest BCUT2D eigenvalue weighted by Crippen LogP contribution is 2.21. The Hall–Kier alpha value is -2.19. The first kappa shape index (κ1) is 16.7. The van der Waals surface area contributed by atoms with Gasteiger partial charge in [0.2, 0.25) is 10.0 Å². The van der Waals surface area contributed by atoms with Gasteiger partial charge in [-0.3, -0.25) is 4.79 Å². The number of carbonyl (C=O) groups excluding carboxylic acids is 1. The molecule has 1 saturated heterocycles. The number of amides is 1. The van der Waals surface area contributed by atoms with Gasteiger partial charge in [0.05, 0.1) is 11.2 Å². The Bertz CT molecular complexity index is 795. The summed E-state index contributed by atoms with van der Waals surface area (Å²) in [5.41, 5.74) is 0. The van der Waals surface area contributed by atoms with Gasteiger partial charge in [-0.2, -0.15) is 4.31 Å². The SMILES string of the molecule is O=C(NC1CCN(S(=O)(=O)c2ccc(F)cc2)CC1)c1ccco1. The van der Waals surface area contributed by atoms with Crippen LogP contribution in [0.4, 0.5) is 4.39 Å². The third-order valence-electron chi connectivity index (χ3n) is 3.99. The van der Waals surface area contributed by atoms with E-state index in [4.69, 9.17) is 4.42 Å². The minimum Gasteiger partial charge on any atom is -0.459 e. The molecule has 2 aromatic rings. The van der Waals surface area contributed by atoms with Gasteiger partial charge in [0.1, 0.15) is 5.82 Å². The summed E-state index contributed by atoms with van der Waals surface area (Å²) in [6.45, 7) is 0.589. The van der Waals surface area contributed by atoms with Crippen LogP contribution in [-0.2, 0) is 10.0 Å². The number of furan rings is 1. The predicted molar refractivity (Wildman–Crippen MR) is 84.4 cm³/mol. The Morgan fingerprint density at radius 3 is 2.42 bits per heavy atom. The molecule has 0 spiro atoms. The third kappa shape index (κ3) is 3.49. The van der Waals surface area contributed by atoms with Crippen molar-refractivity contribution in [1.82, 2.24) is 9.62 Å². The molecule has 0 aliphatic carbocycles. The van der Waals surface area contributed by atoms with Crippen molar-refractivity contribution in [3.05, 3.63) is 54.2 Å². The Morgan fingerprint density at radius 1 is 1.17 bits per heavy atom. The highest BCUT2D eigenvalue weighted by atomic mass is 32.2. The van der Waals surface area contributed by atoms with Gasteiger partial charge in [-0.1, -0.05) is 0 Å². The number of hydrogen-bond acceptors (Lipinski definition) is 4. The van der Waals surface area contributed by atoms with Gasteiger partial charge in [-0.15, -0.1) is 0 Å². The second-order valence-corrected chi connectivity index (χ2v) is 7.52. The van der Waals surface area contributed by atoms with E-state index in [2.05, 4.69) is 5.32 Å². The molecule has 8 heteroatoms. The van der Waals surface area contributed by atoms with Gasteiger partial charge in [-0.05, 0) is 49.2 Å². The zero-order valence-corrected chi connectivity index (χ0v) is 13.6. The van der Waals surface area contributed by atoms with Crippen molar-refractivity contribution >= 4 is 15.9 Å². The van der Waals surface area contributed by atoms with Crippen LogP contribution in [0.1, 0.15) is 23.4 Å². The maximum atomic E-state index is 13.0. The molecule has 24 heavy (non-hydrogen) atoms. The van der Waals surface area contributed by atoms with Crippen molar-refractivity contribution in [1.29, 1.82) is 0 Å². The van der Waals surface area contributed by atoms with Crippen LogP contribution in [0.5, 0.6) is 0 Å². The molecule has 2 heterocycles. The van der Waals surface area contributed by atoms with E-state index >= 15 is 0 Å². The second-order valence-electron chi connectivity index (χ2n) is 5.58. The Balaban J connectivity index is 1.60. The fourth-order valence-electron chi connectivity index (χ4n) is 2.66. The van der Waals surface area contributed by atoms with Crippen molar-refractivity contribution in [2.45, 2.75) is 23.8 Å². The molecule has 1 amide bonds. The van der Waals surface area contributed by atoms with Gasteiger partial charge in [0, 0.05) is 19.1 Å². The lowest BCUT2D eigenvalue weighted by atomic mass is 10.1. The van der Waals surface area contributed by atoms with E-state index < -0.39 is 15.8 Å². The second kappa shape index (κ2) is 6.74. The van der Waals surface area contributed by atoms with Crippen LogP contribution < -0.4 is 5.32 Å². The van der Waals surface area contributed by atoms with Crippen LogP contribution in [0, 0.1) is 5.82 Å². The Morgan fingerprint density at radius 2 is 1.83 bits per heavy atom. The standard InChI is InChI=1S/C16H17FN2O4S/c17-12-3-5-14(6-4-12)24(21,22)19-9-7-13(8-10-19)18-16(20)15-2-1-11-23-15/h1-6,11,13H,7-10H2,(H,18,20). The Labute approximate surface area is 139 Å². The summed E-state index contributed by atoms with van der Waals surface area (Å²) in [6.07, 6.45) is 2.44. The lowest BCUT2D eigenvalue weighted by Crippen LogP contribution is -2.46. The van der Waals surface area contributed by atoms with Crippen molar-refractivity contribution in [2.75, 3.05) is 13.1 Å². The molecule has 0 radical (unpaired) electrons. The van der Waals surface area contributed by atoms with Crippen molar-refractivity contribution in [3.63, 3.8) is 0 Å². The molecule has 1 aliphatic heterocycles. The average molecular weight is 352 g/mol. The zero-order chi connectivity index (χ0) is 17.2. The third-order valence-corrected chi connectivity index (χ3v) is 5.90. The number of nitrogens with zero attached hydrogens (tertiary/aromatic N) is 1. The van der Waals surface area contributed by atoms with Crippen LogP contribution in [0.3, 0.4) is 0 Å². The van der Waals surface area contributed by atoms with Crippen molar-refractivity contribution in [2.24, 2.45) is 0 Å². The van der Waals surface area contributed by atoms with Crippen molar-refractivity contribution < 1.29 is 22.0 Å². The molecular weight excluding hydrogens is 335 g/mol. The molecule has 1 fully saturated rings. The first-order chi connectivity index (χ1) is 11.5. The van der Waals surface area contributed by atoms with Crippen molar-refractivity contribution in [3.8, 4) is 0 Å². The molecule has 0 bridgehead atoms. The minimum absolute atomic E-state index is 0.0713. The van der Waals surface area contributed by atoms with Crippen LogP contribution in [0.15, 0.2) is 52.0 Å². The number of nitrogens with one attached hydrogen (secondary N) is 1. The monoisotopic (exact) mass is 352 g/mol. The van der Waals surface area contributed by atoms with E-state index in [9.17, 15) is 17.6 Å². The maximum Gasteiger partial charge on any atom is 0.287 e. The van der Waals surface area contributed by atoms with E-state index in [0.29, 0.717) is 25.9 Å². The molecule has 1 aromatic carbocycles. The van der Waals surface area contributed by atoms with E-state index in [1.807, 2.05) is 0 Å². The van der Waals surface area contributed by atoms with Gasteiger partial charge in [-0.25, -0.2) is 12.8 Å². The minimum atomic E-state index is -3.64. The van der Waals surface area contributed by atoms with Crippen LogP contribution in [0.25, 0.3) is 0 Å². The summed E-state index contributed by atoms with van der Waals surface area (Å²) < 4.78 is 44.4. The number of sulfonamides is 1. The molecular formula is C16H17FN2O4S. The number of halogens is 1. The molecule has 3 rings (SSSR count). The molecule has 1 N–H and O–H groups in total. The highest BCUT2D eigenvalue weighted by Gasteiger charge is 2.30. The average Bonchev–Trinajstić information content (AvgIpc) is 3.10. The van der Waals surface area contributed by atoms with E-state index in [-0.39, 0.29) is 22.6 Å². The summed E-state index contributed by atoms with van der Waals surface area (Å²) in [5, 5.41) is 2.84. The molecule has 1 aliphatic rings. The van der Waals surface area contributed by atoms with Gasteiger partial charge < -0.3 is 9.73 Å². The topological polar surface area (TPSA) is 79.6 Å². The molecule has 0 atom stereocenters. The Kier molecular flexibility index (Phi) is 4.68. The van der Waals surface area contributed by atoms with Gasteiger partial charge in [0.15, 0.2) is 5.76 Å². The summed E-state index contributed by atoms with van der Waals surface area (Å²) in [7, 11) is -3.64. The van der Waals surface area contributed by atoms with E-state index in [1.165, 1.54) is 22.7 Å². The molecule has 6 nitrogen and oxygen atoms in total. The van der Waals surface area contributed by atoms with Crippen LogP contribution in [-0.4, -0.2) is 37.8 Å². The largest absolute Gasteiger partial charge is 0.459 e. The van der Waals surface area contributed by atoms with Crippen LogP contribution >= 0.6 is 0 Å². The van der Waals surface area contributed by atoms with Crippen LogP contribution in [0.2, 0.25) is 0 Å². The molecule has 0 saturated carbocycles. The first-order valence-corrected chi connectivity index (χ1v) is 9.01. The molecule has 0 unspecified atom stereocenters. The summed E-state index contributed by atoms with van der Waals surface area (Å²) in [4.78, 5) is 12.0. The first-order valence-electron chi connectivity index (χ1n) is 7.57. The summed E-state index contributed by atoms with van der Waals surface area (Å²) in [6, 6.07) is 7.87. The molecule has 1 aromatic heterocycles. The predicted octanol–water partition coefficient (Wildman–Crippen LogP) is 2.00.